The van der Waals surface area contributed by atoms with Crippen molar-refractivity contribution in [3.63, 3.8) is 0 Å². The van der Waals surface area contributed by atoms with E-state index in [1.165, 1.54) is 18.2 Å². The number of hydrogen-bond donors (Lipinski definition) is 2. The average molecular weight is 426 g/mol. The molecule has 0 radical (unpaired) electrons. The molecule has 1 heterocycles. The van der Waals surface area contributed by atoms with Gasteiger partial charge in [0.2, 0.25) is 5.91 Å². The molecule has 2 aromatic carbocycles. The third-order valence-corrected chi connectivity index (χ3v) is 4.82. The first kappa shape index (κ1) is 22.0. The maximum absolute atomic E-state index is 14.4. The van der Waals surface area contributed by atoms with Crippen molar-refractivity contribution in [2.45, 2.75) is 19.3 Å². The van der Waals surface area contributed by atoms with Crippen LogP contribution in [-0.4, -0.2) is 42.2 Å². The van der Waals surface area contributed by atoms with Gasteiger partial charge in [0.05, 0.1) is 18.1 Å². The van der Waals surface area contributed by atoms with Crippen molar-refractivity contribution < 1.29 is 32.2 Å². The SMILES string of the molecule is O=C(NCCO)C1CN(Cc2ccc(OCc3cccc(C(F)(F)F)c3)cc2F)C1. The molecule has 3 rings (SSSR count). The molecule has 30 heavy (non-hydrogen) atoms. The first-order chi connectivity index (χ1) is 14.3. The van der Waals surface area contributed by atoms with Gasteiger partial charge in [0.15, 0.2) is 0 Å². The molecule has 9 heteroatoms. The molecule has 1 saturated heterocycles. The first-order valence-electron chi connectivity index (χ1n) is 9.44. The van der Waals surface area contributed by atoms with E-state index in [0.29, 0.717) is 30.8 Å². The molecule has 0 atom stereocenters. The van der Waals surface area contributed by atoms with Crippen LogP contribution >= 0.6 is 0 Å². The Morgan fingerprint density at radius 2 is 1.97 bits per heavy atom. The van der Waals surface area contributed by atoms with Gasteiger partial charge in [-0.15, -0.1) is 0 Å². The molecule has 0 bridgehead atoms. The molecule has 162 valence electrons. The molecule has 0 unspecified atom stereocenters. The summed E-state index contributed by atoms with van der Waals surface area (Å²) >= 11 is 0. The topological polar surface area (TPSA) is 61.8 Å². The lowest BCUT2D eigenvalue weighted by atomic mass is 9.98. The van der Waals surface area contributed by atoms with Gasteiger partial charge in [-0.05, 0) is 23.8 Å². The highest BCUT2D eigenvalue weighted by Gasteiger charge is 2.32. The predicted molar refractivity (Wildman–Crippen MR) is 101 cm³/mol. The second-order valence-corrected chi connectivity index (χ2v) is 7.15. The zero-order chi connectivity index (χ0) is 21.7. The summed E-state index contributed by atoms with van der Waals surface area (Å²) in [6.45, 7) is 1.33. The second kappa shape index (κ2) is 9.44. The lowest BCUT2D eigenvalue weighted by Gasteiger charge is -2.38. The largest absolute Gasteiger partial charge is 0.489 e. The Bertz CT molecular complexity index is 883. The average Bonchev–Trinajstić information content (AvgIpc) is 2.67. The number of amides is 1. The fourth-order valence-electron chi connectivity index (χ4n) is 3.18. The number of carbonyl (C=O) groups excluding carboxylic acids is 1. The normalized spacial score (nSPS) is 15.0. The molecular formula is C21H22F4N2O3. The number of carbonyl (C=O) groups is 1. The van der Waals surface area contributed by atoms with E-state index in [4.69, 9.17) is 9.84 Å². The quantitative estimate of drug-likeness (QED) is 0.638. The van der Waals surface area contributed by atoms with Crippen LogP contribution in [0.4, 0.5) is 17.6 Å². The molecule has 0 spiro atoms. The molecule has 1 aliphatic rings. The number of hydrogen-bond acceptors (Lipinski definition) is 4. The minimum absolute atomic E-state index is 0.112. The molecule has 0 aromatic heterocycles. The summed E-state index contributed by atoms with van der Waals surface area (Å²) in [5.74, 6) is -0.558. The van der Waals surface area contributed by atoms with E-state index in [0.717, 1.165) is 12.1 Å². The van der Waals surface area contributed by atoms with Gasteiger partial charge in [0, 0.05) is 37.8 Å². The van der Waals surface area contributed by atoms with Crippen molar-refractivity contribution in [3.05, 3.63) is 65.0 Å². The van der Waals surface area contributed by atoms with Gasteiger partial charge in [-0.25, -0.2) is 4.39 Å². The lowest BCUT2D eigenvalue weighted by molar-refractivity contribution is -0.137. The Morgan fingerprint density at radius 1 is 1.20 bits per heavy atom. The number of ether oxygens (including phenoxy) is 1. The van der Waals surface area contributed by atoms with Crippen LogP contribution in [0.3, 0.4) is 0 Å². The summed E-state index contributed by atoms with van der Waals surface area (Å²) in [4.78, 5) is 13.7. The van der Waals surface area contributed by atoms with Crippen LogP contribution in [0, 0.1) is 11.7 Å². The summed E-state index contributed by atoms with van der Waals surface area (Å²) in [6.07, 6.45) is -4.43. The van der Waals surface area contributed by atoms with Crippen LogP contribution in [0.2, 0.25) is 0 Å². The Balaban J connectivity index is 1.51. The molecule has 2 aromatic rings. The van der Waals surface area contributed by atoms with E-state index < -0.39 is 17.6 Å². The van der Waals surface area contributed by atoms with E-state index >= 15 is 0 Å². The summed E-state index contributed by atoms with van der Waals surface area (Å²) < 4.78 is 58.1. The standard InChI is InChI=1S/C21H22F4N2O3/c22-19-9-18(30-13-14-2-1-3-17(8-14)21(23,24)25)5-4-15(19)10-27-11-16(12-27)20(29)26-6-7-28/h1-5,8-9,16,28H,6-7,10-13H2,(H,26,29). The zero-order valence-electron chi connectivity index (χ0n) is 16.1. The summed E-state index contributed by atoms with van der Waals surface area (Å²) in [6, 6.07) is 9.13. The fourth-order valence-corrected chi connectivity index (χ4v) is 3.18. The van der Waals surface area contributed by atoms with Gasteiger partial charge in [0.25, 0.3) is 0 Å². The van der Waals surface area contributed by atoms with Crippen molar-refractivity contribution in [1.29, 1.82) is 0 Å². The molecule has 2 N–H and O–H groups in total. The number of aliphatic hydroxyl groups excluding tert-OH is 1. The smallest absolute Gasteiger partial charge is 0.416 e. The van der Waals surface area contributed by atoms with Gasteiger partial charge in [-0.1, -0.05) is 18.2 Å². The first-order valence-corrected chi connectivity index (χ1v) is 9.44. The zero-order valence-corrected chi connectivity index (χ0v) is 16.1. The summed E-state index contributed by atoms with van der Waals surface area (Å²) in [5.41, 5.74) is 0.0130. The van der Waals surface area contributed by atoms with Crippen LogP contribution in [0.15, 0.2) is 42.5 Å². The maximum Gasteiger partial charge on any atom is 0.416 e. The van der Waals surface area contributed by atoms with Crippen molar-refractivity contribution in [1.82, 2.24) is 10.2 Å². The number of benzene rings is 2. The monoisotopic (exact) mass is 426 g/mol. The molecular weight excluding hydrogens is 404 g/mol. The van der Waals surface area contributed by atoms with Gasteiger partial charge < -0.3 is 15.2 Å². The van der Waals surface area contributed by atoms with E-state index in [2.05, 4.69) is 5.32 Å². The van der Waals surface area contributed by atoms with Crippen LogP contribution < -0.4 is 10.1 Å². The minimum Gasteiger partial charge on any atom is -0.489 e. The Labute approximate surface area is 171 Å². The molecule has 0 saturated carbocycles. The molecule has 1 aliphatic heterocycles. The number of nitrogens with one attached hydrogen (secondary N) is 1. The van der Waals surface area contributed by atoms with Gasteiger partial charge in [-0.3, -0.25) is 9.69 Å². The third-order valence-electron chi connectivity index (χ3n) is 4.82. The number of rotatable bonds is 8. The Morgan fingerprint density at radius 3 is 2.63 bits per heavy atom. The van der Waals surface area contributed by atoms with Gasteiger partial charge in [-0.2, -0.15) is 13.2 Å². The predicted octanol–water partition coefficient (Wildman–Crippen LogP) is 2.96. The summed E-state index contributed by atoms with van der Waals surface area (Å²) in [7, 11) is 0. The van der Waals surface area contributed by atoms with Crippen molar-refractivity contribution >= 4 is 5.91 Å². The highest BCUT2D eigenvalue weighted by Crippen LogP contribution is 2.30. The number of likely N-dealkylation sites (tertiary alicyclic amines) is 1. The van der Waals surface area contributed by atoms with Crippen molar-refractivity contribution in [2.24, 2.45) is 5.92 Å². The highest BCUT2D eigenvalue weighted by molar-refractivity contribution is 5.80. The minimum atomic E-state index is -4.43. The van der Waals surface area contributed by atoms with Crippen molar-refractivity contribution in [3.8, 4) is 5.75 Å². The maximum atomic E-state index is 14.4. The number of alkyl halides is 3. The van der Waals surface area contributed by atoms with Crippen molar-refractivity contribution in [2.75, 3.05) is 26.2 Å². The number of aliphatic hydroxyl groups is 1. The van der Waals surface area contributed by atoms with E-state index in [9.17, 15) is 22.4 Å². The van der Waals surface area contributed by atoms with Crippen LogP contribution in [0.1, 0.15) is 16.7 Å². The van der Waals surface area contributed by atoms with Crippen LogP contribution in [0.5, 0.6) is 5.75 Å². The van der Waals surface area contributed by atoms with E-state index in [-0.39, 0.29) is 37.3 Å². The van der Waals surface area contributed by atoms with Gasteiger partial charge >= 0.3 is 6.18 Å². The third kappa shape index (κ3) is 5.70. The number of halogens is 4. The lowest BCUT2D eigenvalue weighted by Crippen LogP contribution is -2.53. The second-order valence-electron chi connectivity index (χ2n) is 7.15. The molecule has 5 nitrogen and oxygen atoms in total. The Hall–Kier alpha value is -2.65. The Kier molecular flexibility index (Phi) is 6.94. The van der Waals surface area contributed by atoms with E-state index in [1.807, 2.05) is 4.90 Å². The highest BCUT2D eigenvalue weighted by atomic mass is 19.4. The molecule has 0 aliphatic carbocycles. The fraction of sp³-hybridized carbons (Fsp3) is 0.381. The van der Waals surface area contributed by atoms with E-state index in [1.54, 1.807) is 12.1 Å². The van der Waals surface area contributed by atoms with Crippen LogP contribution in [-0.2, 0) is 24.1 Å². The van der Waals surface area contributed by atoms with Gasteiger partial charge in [0.1, 0.15) is 18.2 Å². The number of nitrogens with zero attached hydrogens (tertiary/aromatic N) is 1. The van der Waals surface area contributed by atoms with Crippen LogP contribution in [0.25, 0.3) is 0 Å². The molecule has 1 fully saturated rings. The summed E-state index contributed by atoms with van der Waals surface area (Å²) in [5, 5.41) is 11.3. The molecule has 1 amide bonds.